The van der Waals surface area contributed by atoms with Gasteiger partial charge >= 0.3 is 0 Å². The second-order valence-corrected chi connectivity index (χ2v) is 8.09. The number of hydrogen-bond acceptors (Lipinski definition) is 6. The number of aromatic amines is 1. The fraction of sp³-hybridized carbons (Fsp3) is 0.524. The third-order valence-corrected chi connectivity index (χ3v) is 6.12. The number of benzene rings is 1. The Morgan fingerprint density at radius 3 is 2.93 bits per heavy atom. The van der Waals surface area contributed by atoms with Crippen LogP contribution in [0.4, 0.5) is 0 Å². The summed E-state index contributed by atoms with van der Waals surface area (Å²) in [4.78, 5) is 18.6. The smallest absolute Gasteiger partial charge is 0.253 e. The van der Waals surface area contributed by atoms with Crippen molar-refractivity contribution in [1.82, 2.24) is 30.1 Å². The van der Waals surface area contributed by atoms with E-state index in [9.17, 15) is 4.79 Å². The first-order valence-electron chi connectivity index (χ1n) is 10.4. The van der Waals surface area contributed by atoms with Crippen LogP contribution in [0.1, 0.15) is 48.7 Å². The highest BCUT2D eigenvalue weighted by atomic mass is 16.5. The van der Waals surface area contributed by atoms with E-state index in [-0.39, 0.29) is 17.7 Å². The number of H-pyrrole nitrogens is 1. The van der Waals surface area contributed by atoms with E-state index in [1.165, 1.54) is 0 Å². The number of nitrogens with zero attached hydrogens (tertiary/aromatic N) is 5. The standard InChI is InChI=1S/C21H26N6O2/c1-14-6-4-7-15-12-17(21(28)22-18(14)15)19(26-9-2-3-10-26)20-23-24-25-27(20)13-16-8-5-11-29-16/h4,6-7,12,16,19H,2-3,5,8-11,13H2,1H3,(H,22,28)/t16-,19+/m1/s1. The summed E-state index contributed by atoms with van der Waals surface area (Å²) in [5.41, 5.74) is 2.58. The molecule has 2 aliphatic rings. The van der Waals surface area contributed by atoms with Crippen LogP contribution in [0.25, 0.3) is 10.9 Å². The predicted molar refractivity (Wildman–Crippen MR) is 109 cm³/mol. The van der Waals surface area contributed by atoms with E-state index in [4.69, 9.17) is 4.74 Å². The molecule has 1 N–H and O–H groups in total. The van der Waals surface area contributed by atoms with Crippen molar-refractivity contribution in [2.75, 3.05) is 19.7 Å². The second kappa shape index (κ2) is 7.68. The number of aromatic nitrogens is 5. The molecule has 1 aromatic carbocycles. The molecule has 29 heavy (non-hydrogen) atoms. The molecule has 0 bridgehead atoms. The molecular formula is C21H26N6O2. The van der Waals surface area contributed by atoms with Crippen LogP contribution in [0.2, 0.25) is 0 Å². The molecule has 5 rings (SSSR count). The maximum absolute atomic E-state index is 13.1. The molecular weight excluding hydrogens is 368 g/mol. The third kappa shape index (κ3) is 3.47. The lowest BCUT2D eigenvalue weighted by Crippen LogP contribution is -2.34. The molecule has 0 saturated carbocycles. The van der Waals surface area contributed by atoms with E-state index in [0.29, 0.717) is 12.1 Å². The number of tetrazole rings is 1. The minimum atomic E-state index is -0.262. The number of para-hydroxylation sites is 1. The summed E-state index contributed by atoms with van der Waals surface area (Å²) in [6, 6.07) is 7.82. The summed E-state index contributed by atoms with van der Waals surface area (Å²) in [5.74, 6) is 0.722. The van der Waals surface area contributed by atoms with Gasteiger partial charge in [-0.15, -0.1) is 5.10 Å². The molecule has 2 saturated heterocycles. The lowest BCUT2D eigenvalue weighted by molar-refractivity contribution is 0.0912. The number of hydrogen-bond donors (Lipinski definition) is 1. The van der Waals surface area contributed by atoms with Crippen LogP contribution in [0.3, 0.4) is 0 Å². The van der Waals surface area contributed by atoms with Gasteiger partial charge in [0.1, 0.15) is 6.04 Å². The van der Waals surface area contributed by atoms with Gasteiger partial charge < -0.3 is 9.72 Å². The zero-order chi connectivity index (χ0) is 19.8. The molecule has 152 valence electrons. The van der Waals surface area contributed by atoms with E-state index in [1.807, 2.05) is 35.9 Å². The van der Waals surface area contributed by atoms with Crippen molar-refractivity contribution in [1.29, 1.82) is 0 Å². The summed E-state index contributed by atoms with van der Waals surface area (Å²) in [6.45, 7) is 5.29. The van der Waals surface area contributed by atoms with Crippen molar-refractivity contribution in [2.24, 2.45) is 0 Å². The maximum atomic E-state index is 13.1. The SMILES string of the molecule is Cc1cccc2cc([C@@H](c3nnnn3C[C@H]3CCCO3)N3CCCC3)c(=O)[nH]c12. The number of nitrogens with one attached hydrogen (secondary N) is 1. The zero-order valence-electron chi connectivity index (χ0n) is 16.7. The van der Waals surface area contributed by atoms with Crippen LogP contribution < -0.4 is 5.56 Å². The monoisotopic (exact) mass is 394 g/mol. The van der Waals surface area contributed by atoms with E-state index in [1.54, 1.807) is 0 Å². The normalized spacial score (nSPS) is 21.2. The number of rotatable bonds is 5. The van der Waals surface area contributed by atoms with Crippen LogP contribution >= 0.6 is 0 Å². The van der Waals surface area contributed by atoms with Crippen molar-refractivity contribution >= 4 is 10.9 Å². The number of ether oxygens (including phenoxy) is 1. The van der Waals surface area contributed by atoms with E-state index in [0.717, 1.165) is 67.7 Å². The largest absolute Gasteiger partial charge is 0.376 e. The van der Waals surface area contributed by atoms with Crippen LogP contribution in [-0.4, -0.2) is 55.9 Å². The summed E-state index contributed by atoms with van der Waals surface area (Å²) in [7, 11) is 0. The third-order valence-electron chi connectivity index (χ3n) is 6.12. The summed E-state index contributed by atoms with van der Waals surface area (Å²) in [5, 5.41) is 13.6. The predicted octanol–water partition coefficient (Wildman–Crippen LogP) is 2.19. The molecule has 0 amide bonds. The molecule has 0 unspecified atom stereocenters. The van der Waals surface area contributed by atoms with Gasteiger partial charge in [-0.3, -0.25) is 9.69 Å². The van der Waals surface area contributed by atoms with Gasteiger partial charge in [0.25, 0.3) is 5.56 Å². The number of pyridine rings is 1. The van der Waals surface area contributed by atoms with Crippen molar-refractivity contribution in [2.45, 2.75) is 51.3 Å². The lowest BCUT2D eigenvalue weighted by atomic mass is 10.0. The van der Waals surface area contributed by atoms with E-state index >= 15 is 0 Å². The molecule has 4 heterocycles. The van der Waals surface area contributed by atoms with Gasteiger partial charge in [0.2, 0.25) is 0 Å². The number of aryl methyl sites for hydroxylation is 1. The summed E-state index contributed by atoms with van der Waals surface area (Å²) >= 11 is 0. The number of fused-ring (bicyclic) bond motifs is 1. The molecule has 3 aromatic rings. The lowest BCUT2D eigenvalue weighted by Gasteiger charge is -2.27. The van der Waals surface area contributed by atoms with E-state index < -0.39 is 0 Å². The Balaban J connectivity index is 1.60. The van der Waals surface area contributed by atoms with Crippen molar-refractivity contribution in [3.8, 4) is 0 Å². The average molecular weight is 394 g/mol. The molecule has 2 atom stereocenters. The van der Waals surface area contributed by atoms with Gasteiger partial charge in [0, 0.05) is 12.2 Å². The highest BCUT2D eigenvalue weighted by Crippen LogP contribution is 2.30. The topological polar surface area (TPSA) is 88.9 Å². The fourth-order valence-electron chi connectivity index (χ4n) is 4.62. The Morgan fingerprint density at radius 2 is 2.14 bits per heavy atom. The highest BCUT2D eigenvalue weighted by Gasteiger charge is 2.32. The Labute approximate surface area is 168 Å². The van der Waals surface area contributed by atoms with Crippen LogP contribution in [0, 0.1) is 6.92 Å². The molecule has 2 fully saturated rings. The molecule has 2 aliphatic heterocycles. The quantitative estimate of drug-likeness (QED) is 0.714. The molecule has 0 aliphatic carbocycles. The molecule has 8 heteroatoms. The minimum absolute atomic E-state index is 0.0737. The van der Waals surface area contributed by atoms with Gasteiger partial charge in [0.05, 0.1) is 18.2 Å². The van der Waals surface area contributed by atoms with Gasteiger partial charge in [-0.1, -0.05) is 18.2 Å². The van der Waals surface area contributed by atoms with Crippen LogP contribution in [0.5, 0.6) is 0 Å². The van der Waals surface area contributed by atoms with Gasteiger partial charge in [0.15, 0.2) is 5.82 Å². The van der Waals surface area contributed by atoms with Crippen molar-refractivity contribution in [3.63, 3.8) is 0 Å². The molecule has 0 radical (unpaired) electrons. The zero-order valence-corrected chi connectivity index (χ0v) is 16.7. The van der Waals surface area contributed by atoms with Crippen LogP contribution in [0.15, 0.2) is 29.1 Å². The molecule has 2 aromatic heterocycles. The average Bonchev–Trinajstić information content (AvgIpc) is 3.48. The van der Waals surface area contributed by atoms with Crippen LogP contribution in [-0.2, 0) is 11.3 Å². The highest BCUT2D eigenvalue weighted by molar-refractivity contribution is 5.82. The second-order valence-electron chi connectivity index (χ2n) is 8.09. The van der Waals surface area contributed by atoms with Crippen molar-refractivity contribution < 1.29 is 4.74 Å². The number of likely N-dealkylation sites (tertiary alicyclic amines) is 1. The van der Waals surface area contributed by atoms with E-state index in [2.05, 4.69) is 25.4 Å². The Hall–Kier alpha value is -2.58. The minimum Gasteiger partial charge on any atom is -0.376 e. The van der Waals surface area contributed by atoms with Crippen molar-refractivity contribution in [3.05, 3.63) is 51.6 Å². The maximum Gasteiger partial charge on any atom is 0.253 e. The molecule has 8 nitrogen and oxygen atoms in total. The first-order valence-corrected chi connectivity index (χ1v) is 10.4. The molecule has 0 spiro atoms. The Bertz CT molecular complexity index is 1060. The Kier molecular flexibility index (Phi) is 4.89. The Morgan fingerprint density at radius 1 is 1.28 bits per heavy atom. The van der Waals surface area contributed by atoms with Gasteiger partial charge in [-0.05, 0) is 73.1 Å². The fourth-order valence-corrected chi connectivity index (χ4v) is 4.62. The first kappa shape index (κ1) is 18.4. The summed E-state index contributed by atoms with van der Waals surface area (Å²) in [6.07, 6.45) is 4.46. The van der Waals surface area contributed by atoms with Gasteiger partial charge in [-0.2, -0.15) is 0 Å². The van der Waals surface area contributed by atoms with Gasteiger partial charge in [-0.25, -0.2) is 4.68 Å². The summed E-state index contributed by atoms with van der Waals surface area (Å²) < 4.78 is 7.62. The first-order chi connectivity index (χ1) is 14.2.